The van der Waals surface area contributed by atoms with Gasteiger partial charge in [-0.2, -0.15) is 0 Å². The van der Waals surface area contributed by atoms with Crippen LogP contribution in [0.4, 0.5) is 4.79 Å². The first-order valence-corrected chi connectivity index (χ1v) is 9.98. The van der Waals surface area contributed by atoms with Crippen molar-refractivity contribution >= 4 is 52.2 Å². The van der Waals surface area contributed by atoms with E-state index in [0.717, 1.165) is 29.3 Å². The molecule has 1 fully saturated rings. The van der Waals surface area contributed by atoms with Gasteiger partial charge in [-0.1, -0.05) is 54.4 Å². The molecule has 2 amide bonds. The van der Waals surface area contributed by atoms with Gasteiger partial charge in [0.25, 0.3) is 11.1 Å². The first kappa shape index (κ1) is 19.8. The summed E-state index contributed by atoms with van der Waals surface area (Å²) in [6, 6.07) is 12.7. The molecule has 2 aromatic rings. The van der Waals surface area contributed by atoms with E-state index in [-0.39, 0.29) is 11.1 Å². The second kappa shape index (κ2) is 8.83. The Morgan fingerprint density at radius 1 is 1.11 bits per heavy atom. The molecule has 1 heterocycles. The second-order valence-corrected chi connectivity index (χ2v) is 7.72. The molecular formula is C20H17Cl2NO3S. The van der Waals surface area contributed by atoms with Crippen LogP contribution in [0.3, 0.4) is 0 Å². The van der Waals surface area contributed by atoms with Crippen LogP contribution in [0.1, 0.15) is 24.5 Å². The van der Waals surface area contributed by atoms with Gasteiger partial charge in [-0.15, -0.1) is 0 Å². The molecule has 0 saturated carbocycles. The lowest BCUT2D eigenvalue weighted by Crippen LogP contribution is -2.28. The summed E-state index contributed by atoms with van der Waals surface area (Å²) in [5, 5.41) is 0.724. The highest BCUT2D eigenvalue weighted by molar-refractivity contribution is 8.18. The average molecular weight is 422 g/mol. The molecule has 0 bridgehead atoms. The van der Waals surface area contributed by atoms with Crippen LogP contribution in [0, 0.1) is 0 Å². The number of carbonyl (C=O) groups is 2. The molecule has 1 saturated heterocycles. The molecule has 140 valence electrons. The Bertz CT molecular complexity index is 914. The molecule has 1 aliphatic rings. The predicted molar refractivity (Wildman–Crippen MR) is 110 cm³/mol. The summed E-state index contributed by atoms with van der Waals surface area (Å²) in [5.74, 6) is 0.358. The zero-order chi connectivity index (χ0) is 19.4. The van der Waals surface area contributed by atoms with Crippen LogP contribution < -0.4 is 4.74 Å². The van der Waals surface area contributed by atoms with Gasteiger partial charge in [0.15, 0.2) is 0 Å². The molecule has 0 N–H and O–H groups in total. The summed E-state index contributed by atoms with van der Waals surface area (Å²) in [6.07, 6.45) is 2.43. The summed E-state index contributed by atoms with van der Waals surface area (Å²) >= 11 is 12.9. The molecule has 0 aromatic heterocycles. The highest BCUT2D eigenvalue weighted by atomic mass is 35.5. The highest BCUT2D eigenvalue weighted by Crippen LogP contribution is 2.34. The Labute approximate surface area is 172 Å². The fourth-order valence-electron chi connectivity index (χ4n) is 2.58. The molecule has 0 aliphatic carbocycles. The minimum atomic E-state index is -0.258. The van der Waals surface area contributed by atoms with Crippen molar-refractivity contribution in [1.29, 1.82) is 0 Å². The Morgan fingerprint density at radius 2 is 1.89 bits per heavy atom. The van der Waals surface area contributed by atoms with Gasteiger partial charge in [-0.05, 0) is 48.0 Å². The van der Waals surface area contributed by atoms with Gasteiger partial charge in [0.2, 0.25) is 0 Å². The van der Waals surface area contributed by atoms with Crippen LogP contribution in [-0.2, 0) is 11.4 Å². The number of imide groups is 1. The summed E-state index contributed by atoms with van der Waals surface area (Å²) in [4.78, 5) is 26.1. The number of hydrogen-bond donors (Lipinski definition) is 0. The number of para-hydroxylation sites is 1. The van der Waals surface area contributed by atoms with Crippen molar-refractivity contribution < 1.29 is 14.3 Å². The predicted octanol–water partition coefficient (Wildman–Crippen LogP) is 6.02. The number of ether oxygens (including phenoxy) is 1. The fourth-order valence-corrected chi connectivity index (χ4v) is 3.76. The Hall–Kier alpha value is -1.95. The Balaban J connectivity index is 1.79. The van der Waals surface area contributed by atoms with E-state index in [1.54, 1.807) is 18.2 Å². The number of benzene rings is 2. The van der Waals surface area contributed by atoms with Gasteiger partial charge in [0, 0.05) is 12.1 Å². The van der Waals surface area contributed by atoms with E-state index in [0.29, 0.717) is 33.9 Å². The summed E-state index contributed by atoms with van der Waals surface area (Å²) in [6.45, 7) is 2.66. The third-order valence-corrected chi connectivity index (χ3v) is 5.55. The minimum absolute atomic E-state index is 0.234. The first-order chi connectivity index (χ1) is 13.0. The number of hydrogen-bond acceptors (Lipinski definition) is 4. The van der Waals surface area contributed by atoms with Crippen LogP contribution in [0.25, 0.3) is 6.08 Å². The van der Waals surface area contributed by atoms with Gasteiger partial charge in [0.05, 0.1) is 15.0 Å². The zero-order valence-electron chi connectivity index (χ0n) is 14.6. The van der Waals surface area contributed by atoms with E-state index in [1.807, 2.05) is 37.3 Å². The molecule has 27 heavy (non-hydrogen) atoms. The monoisotopic (exact) mass is 421 g/mol. The third kappa shape index (κ3) is 4.67. The quantitative estimate of drug-likeness (QED) is 0.534. The Kier molecular flexibility index (Phi) is 6.47. The number of amides is 2. The van der Waals surface area contributed by atoms with Gasteiger partial charge >= 0.3 is 0 Å². The fraction of sp³-hybridized carbons (Fsp3) is 0.200. The molecular weight excluding hydrogens is 405 g/mol. The first-order valence-electron chi connectivity index (χ1n) is 8.40. The van der Waals surface area contributed by atoms with E-state index in [9.17, 15) is 9.59 Å². The summed E-state index contributed by atoms with van der Waals surface area (Å²) < 4.78 is 5.90. The van der Waals surface area contributed by atoms with Crippen LogP contribution >= 0.6 is 35.0 Å². The van der Waals surface area contributed by atoms with Crippen LogP contribution in [0.15, 0.2) is 47.4 Å². The third-order valence-electron chi connectivity index (χ3n) is 3.90. The van der Waals surface area contributed by atoms with Crippen LogP contribution in [0.2, 0.25) is 10.0 Å². The van der Waals surface area contributed by atoms with Gasteiger partial charge in [-0.3, -0.25) is 14.5 Å². The maximum atomic E-state index is 12.4. The number of thioether (sulfide) groups is 1. The van der Waals surface area contributed by atoms with E-state index in [4.69, 9.17) is 27.9 Å². The summed E-state index contributed by atoms with van der Waals surface area (Å²) in [7, 11) is 0. The van der Waals surface area contributed by atoms with Crippen molar-refractivity contribution in [2.75, 3.05) is 6.54 Å². The minimum Gasteiger partial charge on any atom is -0.488 e. The van der Waals surface area contributed by atoms with E-state index in [2.05, 4.69) is 0 Å². The number of carbonyl (C=O) groups excluding carboxylic acids is 2. The second-order valence-electron chi connectivity index (χ2n) is 5.91. The zero-order valence-corrected chi connectivity index (χ0v) is 16.9. The highest BCUT2D eigenvalue weighted by Gasteiger charge is 2.34. The lowest BCUT2D eigenvalue weighted by atomic mass is 10.1. The van der Waals surface area contributed by atoms with E-state index < -0.39 is 0 Å². The lowest BCUT2D eigenvalue weighted by Gasteiger charge is -2.11. The SMILES string of the molecule is CCCN1C(=O)S/C(=C/c2ccccc2OCc2ccc(Cl)c(Cl)c2)C1=O. The van der Waals surface area contributed by atoms with Crippen molar-refractivity contribution in [3.05, 3.63) is 68.5 Å². The topological polar surface area (TPSA) is 46.6 Å². The number of rotatable bonds is 6. The standard InChI is InChI=1S/C20H17Cl2NO3S/c1-2-9-23-19(24)18(27-20(23)25)11-14-5-3-4-6-17(14)26-12-13-7-8-15(21)16(22)10-13/h3-8,10-11H,2,9,12H2,1H3/b18-11+. The molecule has 4 nitrogen and oxygen atoms in total. The van der Waals surface area contributed by atoms with Crippen molar-refractivity contribution in [2.24, 2.45) is 0 Å². The molecule has 2 aromatic carbocycles. The molecule has 0 atom stereocenters. The smallest absolute Gasteiger partial charge is 0.293 e. The average Bonchev–Trinajstić information content (AvgIpc) is 2.91. The lowest BCUT2D eigenvalue weighted by molar-refractivity contribution is -0.122. The molecule has 3 rings (SSSR count). The van der Waals surface area contributed by atoms with Gasteiger partial charge < -0.3 is 4.74 Å². The largest absolute Gasteiger partial charge is 0.488 e. The van der Waals surface area contributed by atoms with E-state index >= 15 is 0 Å². The maximum absolute atomic E-state index is 12.4. The Morgan fingerprint density at radius 3 is 2.63 bits per heavy atom. The van der Waals surface area contributed by atoms with Crippen molar-refractivity contribution in [3.8, 4) is 5.75 Å². The van der Waals surface area contributed by atoms with Crippen molar-refractivity contribution in [3.63, 3.8) is 0 Å². The van der Waals surface area contributed by atoms with Crippen LogP contribution in [0.5, 0.6) is 5.75 Å². The molecule has 1 aliphatic heterocycles. The van der Waals surface area contributed by atoms with Crippen molar-refractivity contribution in [1.82, 2.24) is 4.90 Å². The van der Waals surface area contributed by atoms with Crippen LogP contribution in [-0.4, -0.2) is 22.6 Å². The van der Waals surface area contributed by atoms with Gasteiger partial charge in [0.1, 0.15) is 12.4 Å². The summed E-state index contributed by atoms with van der Waals surface area (Å²) in [5.41, 5.74) is 1.61. The normalized spacial score (nSPS) is 15.7. The van der Waals surface area contributed by atoms with Gasteiger partial charge in [-0.25, -0.2) is 0 Å². The number of nitrogens with zero attached hydrogens (tertiary/aromatic N) is 1. The maximum Gasteiger partial charge on any atom is 0.293 e. The molecule has 7 heteroatoms. The molecule has 0 radical (unpaired) electrons. The molecule has 0 spiro atoms. The number of halogens is 2. The molecule has 0 unspecified atom stereocenters. The van der Waals surface area contributed by atoms with Crippen molar-refractivity contribution in [2.45, 2.75) is 20.0 Å². The van der Waals surface area contributed by atoms with E-state index in [1.165, 1.54) is 4.90 Å².